The fraction of sp³-hybridized carbons (Fsp3) is 0.292. The molecule has 9 heteroatoms. The highest BCUT2D eigenvalue weighted by Gasteiger charge is 2.32. The standard InChI is InChI=1S/C24H26N2O5S2/c1-30-19-13-16-10-11-26(24(21-8-6-12-32-21)17(16)14-20(19)31-2)15-23(27)25-18-7-4-5-9-22(18)33(3,28)29/h4-9,12-14,24H,10-11,15H2,1-3H3,(H,25,27)/t24-/m0/s1. The molecule has 0 saturated heterocycles. The molecule has 0 unspecified atom stereocenters. The van der Waals surface area contributed by atoms with E-state index in [1.807, 2.05) is 23.6 Å². The van der Waals surface area contributed by atoms with E-state index >= 15 is 0 Å². The average molecular weight is 487 g/mol. The Morgan fingerprint density at radius 2 is 1.85 bits per heavy atom. The van der Waals surface area contributed by atoms with Crippen LogP contribution in [-0.2, 0) is 21.1 Å². The summed E-state index contributed by atoms with van der Waals surface area (Å²) in [5.41, 5.74) is 2.53. The van der Waals surface area contributed by atoms with E-state index in [-0.39, 0.29) is 23.4 Å². The number of rotatable bonds is 7. The monoisotopic (exact) mass is 486 g/mol. The summed E-state index contributed by atoms with van der Waals surface area (Å²) >= 11 is 1.63. The molecule has 7 nitrogen and oxygen atoms in total. The van der Waals surface area contributed by atoms with Crippen LogP contribution in [0.1, 0.15) is 22.0 Å². The van der Waals surface area contributed by atoms with Gasteiger partial charge in [-0.1, -0.05) is 18.2 Å². The third-order valence-corrected chi connectivity index (χ3v) is 7.77. The fourth-order valence-electron chi connectivity index (χ4n) is 4.22. The van der Waals surface area contributed by atoms with Gasteiger partial charge in [-0.05, 0) is 53.3 Å². The Morgan fingerprint density at radius 3 is 2.52 bits per heavy atom. The van der Waals surface area contributed by atoms with Gasteiger partial charge in [-0.2, -0.15) is 0 Å². The molecule has 1 aliphatic heterocycles. The van der Waals surface area contributed by atoms with Crippen molar-refractivity contribution in [1.29, 1.82) is 0 Å². The number of para-hydroxylation sites is 1. The van der Waals surface area contributed by atoms with Crippen molar-refractivity contribution >= 4 is 32.8 Å². The predicted molar refractivity (Wildman–Crippen MR) is 129 cm³/mol. The van der Waals surface area contributed by atoms with E-state index < -0.39 is 9.84 Å². The number of sulfone groups is 1. The molecule has 1 amide bonds. The first kappa shape index (κ1) is 23.3. The molecule has 4 rings (SSSR count). The van der Waals surface area contributed by atoms with E-state index in [0.717, 1.165) is 28.7 Å². The van der Waals surface area contributed by atoms with Crippen molar-refractivity contribution in [2.75, 3.05) is 38.9 Å². The van der Waals surface area contributed by atoms with Gasteiger partial charge in [0.25, 0.3) is 0 Å². The molecular weight excluding hydrogens is 460 g/mol. The van der Waals surface area contributed by atoms with Crippen LogP contribution in [0.25, 0.3) is 0 Å². The van der Waals surface area contributed by atoms with E-state index in [9.17, 15) is 13.2 Å². The van der Waals surface area contributed by atoms with Crippen LogP contribution in [0.3, 0.4) is 0 Å². The minimum atomic E-state index is -3.47. The first-order valence-electron chi connectivity index (χ1n) is 10.4. The second-order valence-corrected chi connectivity index (χ2v) is 10.8. The van der Waals surface area contributed by atoms with E-state index in [0.29, 0.717) is 23.7 Å². The highest BCUT2D eigenvalue weighted by atomic mass is 32.2. The van der Waals surface area contributed by atoms with Crippen molar-refractivity contribution in [3.63, 3.8) is 0 Å². The molecule has 0 fully saturated rings. The van der Waals surface area contributed by atoms with Crippen molar-refractivity contribution < 1.29 is 22.7 Å². The summed E-state index contributed by atoms with van der Waals surface area (Å²) in [7, 11) is -0.237. The maximum Gasteiger partial charge on any atom is 0.238 e. The first-order chi connectivity index (χ1) is 15.8. The number of anilines is 1. The van der Waals surface area contributed by atoms with Crippen LogP contribution in [0.5, 0.6) is 11.5 Å². The minimum Gasteiger partial charge on any atom is -0.493 e. The van der Waals surface area contributed by atoms with Crippen LogP contribution >= 0.6 is 11.3 Å². The van der Waals surface area contributed by atoms with Crippen molar-refractivity contribution in [2.45, 2.75) is 17.4 Å². The summed E-state index contributed by atoms with van der Waals surface area (Å²) in [6, 6.07) is 14.4. The molecule has 2 heterocycles. The summed E-state index contributed by atoms with van der Waals surface area (Å²) < 4.78 is 35.2. The number of benzene rings is 2. The third kappa shape index (κ3) is 4.90. The van der Waals surface area contributed by atoms with Gasteiger partial charge in [-0.3, -0.25) is 9.69 Å². The second kappa shape index (κ2) is 9.54. The number of thiophene rings is 1. The molecule has 0 saturated carbocycles. The zero-order chi connectivity index (χ0) is 23.6. The Kier molecular flexibility index (Phi) is 6.73. The summed E-state index contributed by atoms with van der Waals surface area (Å²) in [6.07, 6.45) is 1.89. The van der Waals surface area contributed by atoms with Crippen molar-refractivity contribution in [1.82, 2.24) is 4.90 Å². The molecule has 174 valence electrons. The number of nitrogens with zero attached hydrogens (tertiary/aromatic N) is 1. The van der Waals surface area contributed by atoms with Crippen molar-refractivity contribution in [3.05, 3.63) is 69.9 Å². The SMILES string of the molecule is COc1cc2c(cc1OC)[C@@H](c1cccs1)N(CC(=O)Nc1ccccc1S(C)(=O)=O)CC2. The van der Waals surface area contributed by atoms with Gasteiger partial charge >= 0.3 is 0 Å². The van der Waals surface area contributed by atoms with Gasteiger partial charge in [0.05, 0.1) is 37.4 Å². The lowest BCUT2D eigenvalue weighted by atomic mass is 9.91. The zero-order valence-corrected chi connectivity index (χ0v) is 20.3. The summed E-state index contributed by atoms with van der Waals surface area (Å²) in [6.45, 7) is 0.792. The molecular formula is C24H26N2O5S2. The number of hydrogen-bond donors (Lipinski definition) is 1. The van der Waals surface area contributed by atoms with Crippen LogP contribution in [0.15, 0.2) is 58.8 Å². The lowest BCUT2D eigenvalue weighted by molar-refractivity contribution is -0.117. The highest BCUT2D eigenvalue weighted by Crippen LogP contribution is 2.42. The van der Waals surface area contributed by atoms with Gasteiger partial charge in [0.1, 0.15) is 0 Å². The van der Waals surface area contributed by atoms with Gasteiger partial charge in [0.15, 0.2) is 21.3 Å². The van der Waals surface area contributed by atoms with Crippen LogP contribution in [0.2, 0.25) is 0 Å². The summed E-state index contributed by atoms with van der Waals surface area (Å²) in [5.74, 6) is 1.06. The Morgan fingerprint density at radius 1 is 1.12 bits per heavy atom. The second-order valence-electron chi connectivity index (χ2n) is 7.86. The maximum absolute atomic E-state index is 13.0. The molecule has 0 aliphatic carbocycles. The van der Waals surface area contributed by atoms with E-state index in [2.05, 4.69) is 16.3 Å². The quantitative estimate of drug-likeness (QED) is 0.548. The average Bonchev–Trinajstić information content (AvgIpc) is 3.32. The predicted octanol–water partition coefficient (Wildman–Crippen LogP) is 3.76. The molecule has 1 aromatic heterocycles. The Balaban J connectivity index is 1.64. The molecule has 0 radical (unpaired) electrons. The molecule has 1 N–H and O–H groups in total. The highest BCUT2D eigenvalue weighted by molar-refractivity contribution is 7.90. The van der Waals surface area contributed by atoms with E-state index in [4.69, 9.17) is 9.47 Å². The number of nitrogens with one attached hydrogen (secondary N) is 1. The third-order valence-electron chi connectivity index (χ3n) is 5.69. The molecule has 0 spiro atoms. The molecule has 2 aromatic carbocycles. The van der Waals surface area contributed by atoms with Gasteiger partial charge in [-0.15, -0.1) is 11.3 Å². The van der Waals surface area contributed by atoms with Gasteiger partial charge < -0.3 is 14.8 Å². The van der Waals surface area contributed by atoms with Gasteiger partial charge in [0.2, 0.25) is 5.91 Å². The number of carbonyl (C=O) groups is 1. The number of fused-ring (bicyclic) bond motifs is 1. The van der Waals surface area contributed by atoms with Crippen LogP contribution in [-0.4, -0.2) is 52.8 Å². The first-order valence-corrected chi connectivity index (χ1v) is 13.2. The zero-order valence-electron chi connectivity index (χ0n) is 18.7. The molecule has 3 aromatic rings. The summed E-state index contributed by atoms with van der Waals surface area (Å²) in [4.78, 5) is 16.4. The number of hydrogen-bond acceptors (Lipinski definition) is 7. The molecule has 1 aliphatic rings. The van der Waals surface area contributed by atoms with Crippen LogP contribution in [0, 0.1) is 0 Å². The largest absolute Gasteiger partial charge is 0.493 e. The normalized spacial score (nSPS) is 16.2. The van der Waals surface area contributed by atoms with Gasteiger partial charge in [-0.25, -0.2) is 8.42 Å². The summed E-state index contributed by atoms with van der Waals surface area (Å²) in [5, 5.41) is 4.81. The lowest BCUT2D eigenvalue weighted by Crippen LogP contribution is -2.41. The minimum absolute atomic E-state index is 0.106. The number of carbonyl (C=O) groups excluding carboxylic acids is 1. The smallest absolute Gasteiger partial charge is 0.238 e. The van der Waals surface area contributed by atoms with Crippen molar-refractivity contribution in [2.24, 2.45) is 0 Å². The number of amides is 1. The Hall–Kier alpha value is -2.88. The van der Waals surface area contributed by atoms with Crippen LogP contribution < -0.4 is 14.8 Å². The topological polar surface area (TPSA) is 84.9 Å². The Bertz CT molecular complexity index is 1260. The maximum atomic E-state index is 13.0. The fourth-order valence-corrected chi connectivity index (χ4v) is 5.94. The van der Waals surface area contributed by atoms with Gasteiger partial charge in [0, 0.05) is 17.7 Å². The number of ether oxygens (including phenoxy) is 2. The van der Waals surface area contributed by atoms with E-state index in [1.54, 1.807) is 43.8 Å². The van der Waals surface area contributed by atoms with Crippen molar-refractivity contribution in [3.8, 4) is 11.5 Å². The number of methoxy groups -OCH3 is 2. The lowest BCUT2D eigenvalue weighted by Gasteiger charge is -2.37. The molecule has 33 heavy (non-hydrogen) atoms. The molecule has 0 bridgehead atoms. The Labute approximate surface area is 197 Å². The van der Waals surface area contributed by atoms with Crippen LogP contribution in [0.4, 0.5) is 5.69 Å². The van der Waals surface area contributed by atoms with E-state index in [1.165, 1.54) is 6.07 Å². The molecule has 1 atom stereocenters.